The van der Waals surface area contributed by atoms with Crippen LogP contribution < -0.4 is 0 Å². The number of rotatable bonds is 5. The first-order valence-electron chi connectivity index (χ1n) is 3.95. The average Bonchev–Trinajstić information content (AvgIpc) is 1.89. The number of halogens is 1. The molecule has 1 atom stereocenters. The normalized spacial score (nSPS) is 13.7. The largest absolute Gasteiger partial charge is 0.123 e. The van der Waals surface area contributed by atoms with Gasteiger partial charge in [0.1, 0.15) is 0 Å². The van der Waals surface area contributed by atoms with E-state index in [-0.39, 0.29) is 0 Å². The Bertz CT molecular complexity index is 52.5. The van der Waals surface area contributed by atoms with E-state index in [2.05, 4.69) is 13.8 Å². The fourth-order valence-electron chi connectivity index (χ4n) is 0.820. The molecule has 0 aromatic carbocycles. The van der Waals surface area contributed by atoms with Gasteiger partial charge in [-0.2, -0.15) is 0 Å². The molecular weight excluding hydrogens is 132 g/mol. The van der Waals surface area contributed by atoms with Gasteiger partial charge in [0.25, 0.3) is 0 Å². The predicted molar refractivity (Wildman–Crippen MR) is 44.1 cm³/mol. The molecule has 0 unspecified atom stereocenters. The number of unbranched alkanes of at least 4 members (excludes halogenated alkanes) is 2. The summed E-state index contributed by atoms with van der Waals surface area (Å²) in [6.07, 6.45) is 6.26. The van der Waals surface area contributed by atoms with Crippen molar-refractivity contribution in [1.82, 2.24) is 0 Å². The summed E-state index contributed by atoms with van der Waals surface area (Å²) in [6.45, 7) is 4.36. The lowest BCUT2D eigenvalue weighted by Crippen LogP contribution is -1.94. The predicted octanol–water partition coefficient (Wildman–Crippen LogP) is 3.58. The van der Waals surface area contributed by atoms with Gasteiger partial charge < -0.3 is 0 Å². The molecule has 0 amide bonds. The van der Waals surface area contributed by atoms with E-state index < -0.39 is 0 Å². The number of alkyl halides is 1. The van der Waals surface area contributed by atoms with Crippen molar-refractivity contribution >= 4 is 11.6 Å². The Hall–Kier alpha value is 0.290. The average molecular weight is 149 g/mol. The zero-order valence-corrected chi connectivity index (χ0v) is 7.25. The van der Waals surface area contributed by atoms with Crippen LogP contribution in [0.3, 0.4) is 0 Å². The fourth-order valence-corrected chi connectivity index (χ4v) is 0.974. The minimum absolute atomic E-state index is 0.427. The van der Waals surface area contributed by atoms with Crippen LogP contribution in [0.4, 0.5) is 0 Å². The maximum absolute atomic E-state index is 5.90. The molecule has 0 bridgehead atoms. The topological polar surface area (TPSA) is 0 Å². The lowest BCUT2D eigenvalue weighted by atomic mass is 10.1. The lowest BCUT2D eigenvalue weighted by molar-refractivity contribution is 0.630. The quantitative estimate of drug-likeness (QED) is 0.413. The molecule has 0 saturated carbocycles. The lowest BCUT2D eigenvalue weighted by Gasteiger charge is -2.03. The molecule has 0 aliphatic heterocycles. The Labute approximate surface area is 63.6 Å². The van der Waals surface area contributed by atoms with Crippen LogP contribution in [0.25, 0.3) is 0 Å². The molecule has 0 spiro atoms. The molecule has 0 aliphatic rings. The van der Waals surface area contributed by atoms with Crippen molar-refractivity contribution in [3.63, 3.8) is 0 Å². The summed E-state index contributed by atoms with van der Waals surface area (Å²) >= 11 is 5.90. The van der Waals surface area contributed by atoms with E-state index in [1.807, 2.05) is 0 Å². The maximum atomic E-state index is 5.90. The minimum atomic E-state index is 0.427. The zero-order valence-electron chi connectivity index (χ0n) is 6.49. The van der Waals surface area contributed by atoms with Crippen molar-refractivity contribution in [2.75, 3.05) is 0 Å². The SMILES string of the molecule is CCCCC[C@@H](Cl)CC. The van der Waals surface area contributed by atoms with Gasteiger partial charge >= 0.3 is 0 Å². The van der Waals surface area contributed by atoms with Crippen molar-refractivity contribution in [3.8, 4) is 0 Å². The summed E-state index contributed by atoms with van der Waals surface area (Å²) in [5.41, 5.74) is 0. The van der Waals surface area contributed by atoms with Crippen LogP contribution in [-0.2, 0) is 0 Å². The highest BCUT2D eigenvalue weighted by atomic mass is 35.5. The molecule has 1 heteroatoms. The molecule has 0 fully saturated rings. The first kappa shape index (κ1) is 9.29. The minimum Gasteiger partial charge on any atom is -0.123 e. The van der Waals surface area contributed by atoms with Crippen molar-refractivity contribution in [2.24, 2.45) is 0 Å². The van der Waals surface area contributed by atoms with E-state index in [9.17, 15) is 0 Å². The van der Waals surface area contributed by atoms with Gasteiger partial charge in [-0.3, -0.25) is 0 Å². The Kier molecular flexibility index (Phi) is 6.62. The van der Waals surface area contributed by atoms with E-state index >= 15 is 0 Å². The summed E-state index contributed by atoms with van der Waals surface area (Å²) in [7, 11) is 0. The van der Waals surface area contributed by atoms with Gasteiger partial charge in [0.15, 0.2) is 0 Å². The molecule has 0 saturated heterocycles. The molecule has 56 valence electrons. The van der Waals surface area contributed by atoms with Gasteiger partial charge in [-0.25, -0.2) is 0 Å². The van der Waals surface area contributed by atoms with Crippen LogP contribution >= 0.6 is 11.6 Å². The van der Waals surface area contributed by atoms with E-state index in [1.165, 1.54) is 25.7 Å². The third-order valence-electron chi connectivity index (χ3n) is 1.56. The second-order valence-corrected chi connectivity index (χ2v) is 3.12. The molecule has 0 aliphatic carbocycles. The summed E-state index contributed by atoms with van der Waals surface area (Å²) in [5, 5.41) is 0.427. The first-order chi connectivity index (χ1) is 4.31. The summed E-state index contributed by atoms with van der Waals surface area (Å²) < 4.78 is 0. The smallest absolute Gasteiger partial charge is 0.0333 e. The zero-order chi connectivity index (χ0) is 7.11. The van der Waals surface area contributed by atoms with Crippen LogP contribution in [0, 0.1) is 0 Å². The highest BCUT2D eigenvalue weighted by Gasteiger charge is 1.98. The molecule has 0 rings (SSSR count). The van der Waals surface area contributed by atoms with Crippen LogP contribution in [0.2, 0.25) is 0 Å². The Morgan fingerprint density at radius 2 is 1.89 bits per heavy atom. The van der Waals surface area contributed by atoms with Crippen molar-refractivity contribution in [3.05, 3.63) is 0 Å². The highest BCUT2D eigenvalue weighted by molar-refractivity contribution is 6.20. The van der Waals surface area contributed by atoms with E-state index in [0.29, 0.717) is 5.38 Å². The third-order valence-corrected chi connectivity index (χ3v) is 2.09. The Balaban J connectivity index is 2.88. The van der Waals surface area contributed by atoms with Crippen LogP contribution in [-0.4, -0.2) is 5.38 Å². The van der Waals surface area contributed by atoms with Crippen molar-refractivity contribution in [2.45, 2.75) is 51.3 Å². The third kappa shape index (κ3) is 6.17. The summed E-state index contributed by atoms with van der Waals surface area (Å²) in [5.74, 6) is 0. The summed E-state index contributed by atoms with van der Waals surface area (Å²) in [4.78, 5) is 0. The highest BCUT2D eigenvalue weighted by Crippen LogP contribution is 2.11. The molecule has 9 heavy (non-hydrogen) atoms. The molecule has 0 aromatic rings. The summed E-state index contributed by atoms with van der Waals surface area (Å²) in [6, 6.07) is 0. The molecule has 0 heterocycles. The second-order valence-electron chi connectivity index (χ2n) is 2.50. The van der Waals surface area contributed by atoms with E-state index in [1.54, 1.807) is 0 Å². The van der Waals surface area contributed by atoms with Gasteiger partial charge in [0.05, 0.1) is 0 Å². The van der Waals surface area contributed by atoms with Crippen molar-refractivity contribution < 1.29 is 0 Å². The van der Waals surface area contributed by atoms with Crippen molar-refractivity contribution in [1.29, 1.82) is 0 Å². The van der Waals surface area contributed by atoms with Gasteiger partial charge in [-0.05, 0) is 12.8 Å². The van der Waals surface area contributed by atoms with Gasteiger partial charge in [0, 0.05) is 5.38 Å². The van der Waals surface area contributed by atoms with E-state index in [4.69, 9.17) is 11.6 Å². The maximum Gasteiger partial charge on any atom is 0.0333 e. The van der Waals surface area contributed by atoms with Crippen LogP contribution in [0.15, 0.2) is 0 Å². The Morgan fingerprint density at radius 1 is 1.22 bits per heavy atom. The number of hydrogen-bond acceptors (Lipinski definition) is 0. The van der Waals surface area contributed by atoms with Gasteiger partial charge in [-0.1, -0.05) is 33.1 Å². The molecular formula is C8H17Cl. The molecule has 0 radical (unpaired) electrons. The first-order valence-corrected chi connectivity index (χ1v) is 4.39. The second kappa shape index (κ2) is 6.41. The van der Waals surface area contributed by atoms with Gasteiger partial charge in [0.2, 0.25) is 0 Å². The van der Waals surface area contributed by atoms with Crippen LogP contribution in [0.5, 0.6) is 0 Å². The molecule has 0 nitrogen and oxygen atoms in total. The van der Waals surface area contributed by atoms with Gasteiger partial charge in [-0.15, -0.1) is 11.6 Å². The van der Waals surface area contributed by atoms with E-state index in [0.717, 1.165) is 6.42 Å². The standard InChI is InChI=1S/C8H17Cl/c1-3-5-6-7-8(9)4-2/h8H,3-7H2,1-2H3/t8-/m0/s1. The number of hydrogen-bond donors (Lipinski definition) is 0. The fraction of sp³-hybridized carbons (Fsp3) is 1.00. The molecule has 0 aromatic heterocycles. The molecule has 0 N–H and O–H groups in total. The monoisotopic (exact) mass is 148 g/mol. The Morgan fingerprint density at radius 3 is 2.33 bits per heavy atom. The van der Waals surface area contributed by atoms with Crippen LogP contribution in [0.1, 0.15) is 46.0 Å².